The predicted octanol–water partition coefficient (Wildman–Crippen LogP) is 4.81. The zero-order valence-corrected chi connectivity index (χ0v) is 20.2. The minimum Gasteiger partial charge on any atom is -0.360 e. The Kier molecular flexibility index (Phi) is 8.13. The maximum absolute atomic E-state index is 12.7. The number of nitrogens with one attached hydrogen (secondary N) is 3. The predicted molar refractivity (Wildman–Crippen MR) is 143 cm³/mol. The van der Waals surface area contributed by atoms with Gasteiger partial charge in [0.05, 0.1) is 11.6 Å². The fraction of sp³-hybridized carbons (Fsp3) is 0.207. The van der Waals surface area contributed by atoms with Crippen LogP contribution in [0.15, 0.2) is 83.9 Å². The lowest BCUT2D eigenvalue weighted by Crippen LogP contribution is -2.31. The highest BCUT2D eigenvalue weighted by Gasteiger charge is 2.18. The molecule has 0 amide bonds. The number of aromatic amines is 1. The maximum Gasteiger partial charge on any atom is 0.261 e. The first-order chi connectivity index (χ1) is 17.5. The molecule has 0 aliphatic carbocycles. The van der Waals surface area contributed by atoms with Crippen LogP contribution in [-0.4, -0.2) is 33.0 Å². The van der Waals surface area contributed by atoms with Gasteiger partial charge in [0, 0.05) is 25.0 Å². The zero-order valence-electron chi connectivity index (χ0n) is 20.2. The van der Waals surface area contributed by atoms with Gasteiger partial charge in [0.1, 0.15) is 11.6 Å². The summed E-state index contributed by atoms with van der Waals surface area (Å²) in [7, 11) is 0. The van der Waals surface area contributed by atoms with Crippen molar-refractivity contribution >= 4 is 17.8 Å². The fourth-order valence-electron chi connectivity index (χ4n) is 4.10. The summed E-state index contributed by atoms with van der Waals surface area (Å²) in [6.07, 6.45) is 7.20. The van der Waals surface area contributed by atoms with Crippen LogP contribution < -0.4 is 10.9 Å². The quantitative estimate of drug-likeness (QED) is 0.267. The molecule has 0 radical (unpaired) electrons. The molecule has 1 unspecified atom stereocenters. The number of nitrogens with zero attached hydrogens (tertiary/aromatic N) is 2. The fourth-order valence-corrected chi connectivity index (χ4v) is 4.10. The van der Waals surface area contributed by atoms with Gasteiger partial charge in [-0.25, -0.2) is 4.98 Å². The summed E-state index contributed by atoms with van der Waals surface area (Å²) < 4.78 is 0. The van der Waals surface area contributed by atoms with Gasteiger partial charge in [0.2, 0.25) is 0 Å². The van der Waals surface area contributed by atoms with Gasteiger partial charge < -0.3 is 15.7 Å². The smallest absolute Gasteiger partial charge is 0.261 e. The van der Waals surface area contributed by atoms with Crippen molar-refractivity contribution in [3.63, 3.8) is 0 Å². The van der Waals surface area contributed by atoms with Gasteiger partial charge in [-0.1, -0.05) is 60.7 Å². The first-order valence-corrected chi connectivity index (χ1v) is 12.0. The van der Waals surface area contributed by atoms with E-state index in [1.54, 1.807) is 6.20 Å². The van der Waals surface area contributed by atoms with Crippen LogP contribution in [0.1, 0.15) is 42.3 Å². The molecule has 2 heterocycles. The number of hydrogen-bond donors (Lipinski definition) is 3. The van der Waals surface area contributed by atoms with Crippen LogP contribution in [0.5, 0.6) is 0 Å². The molecule has 0 aliphatic heterocycles. The third kappa shape index (κ3) is 6.39. The standard InChI is InChI=1S/C29H29N5O2/c1-20(35)26(11-5-9-21-7-3-2-4-8-21)32-28-25(18-30)29(36)34-27(33-28)17-22-12-14-23(15-13-22)24-10-6-16-31-19-24/h2-4,6-8,10,12-16,18-19,26,30H,5,9,11,17H2,1H3,(H2,32,33,34,36). The number of carbonyl (C=O) groups excluding carboxylic acids is 1. The molecule has 3 N–H and O–H groups in total. The summed E-state index contributed by atoms with van der Waals surface area (Å²) >= 11 is 0. The van der Waals surface area contributed by atoms with Crippen molar-refractivity contribution in [1.29, 1.82) is 5.41 Å². The molecule has 0 saturated carbocycles. The highest BCUT2D eigenvalue weighted by molar-refractivity contribution is 5.88. The van der Waals surface area contributed by atoms with E-state index in [0.717, 1.165) is 35.7 Å². The van der Waals surface area contributed by atoms with Crippen LogP contribution >= 0.6 is 0 Å². The number of aromatic nitrogens is 3. The largest absolute Gasteiger partial charge is 0.360 e. The molecule has 4 rings (SSSR count). The number of anilines is 1. The zero-order chi connectivity index (χ0) is 25.3. The van der Waals surface area contributed by atoms with Gasteiger partial charge in [-0.3, -0.25) is 14.6 Å². The number of carbonyl (C=O) groups is 1. The van der Waals surface area contributed by atoms with Gasteiger partial charge >= 0.3 is 0 Å². The van der Waals surface area contributed by atoms with E-state index < -0.39 is 11.6 Å². The summed E-state index contributed by atoms with van der Waals surface area (Å²) in [5.74, 6) is 0.693. The van der Waals surface area contributed by atoms with Crippen molar-refractivity contribution in [2.24, 2.45) is 0 Å². The molecule has 0 bridgehead atoms. The number of Topliss-reactive ketones (excluding diaryl/α,β-unsaturated/α-hetero) is 1. The molecular weight excluding hydrogens is 450 g/mol. The Morgan fingerprint density at radius 1 is 1.03 bits per heavy atom. The van der Waals surface area contributed by atoms with E-state index in [-0.39, 0.29) is 17.2 Å². The van der Waals surface area contributed by atoms with Gasteiger partial charge in [0.25, 0.3) is 5.56 Å². The molecule has 182 valence electrons. The summed E-state index contributed by atoms with van der Waals surface area (Å²) in [6.45, 7) is 1.53. The normalized spacial score (nSPS) is 11.6. The maximum atomic E-state index is 12.7. The average Bonchev–Trinajstić information content (AvgIpc) is 2.89. The Labute approximate surface area is 210 Å². The third-order valence-corrected chi connectivity index (χ3v) is 6.07. The molecule has 7 nitrogen and oxygen atoms in total. The SMILES string of the molecule is CC(=O)C(CCCc1ccccc1)Nc1nc(Cc2ccc(-c3cccnc3)cc2)[nH]c(=O)c1C=N. The minimum atomic E-state index is -0.492. The van der Waals surface area contributed by atoms with Gasteiger partial charge in [-0.05, 0) is 54.5 Å². The number of ketones is 1. The second kappa shape index (κ2) is 11.8. The molecule has 0 aliphatic rings. The Hall–Kier alpha value is -4.39. The minimum absolute atomic E-state index is 0.0337. The first-order valence-electron chi connectivity index (χ1n) is 12.0. The molecule has 1 atom stereocenters. The van der Waals surface area contributed by atoms with Crippen LogP contribution in [0.2, 0.25) is 0 Å². The van der Waals surface area contributed by atoms with Crippen LogP contribution in [0.25, 0.3) is 11.1 Å². The van der Waals surface area contributed by atoms with Crippen LogP contribution in [0.4, 0.5) is 5.82 Å². The first kappa shape index (κ1) is 24.7. The molecule has 0 spiro atoms. The van der Waals surface area contributed by atoms with E-state index in [1.807, 2.05) is 60.8 Å². The molecular formula is C29H29N5O2. The number of benzene rings is 2. The Morgan fingerprint density at radius 2 is 1.81 bits per heavy atom. The van der Waals surface area contributed by atoms with Gasteiger partial charge in [-0.2, -0.15) is 0 Å². The van der Waals surface area contributed by atoms with Crippen molar-refractivity contribution in [3.8, 4) is 11.1 Å². The topological polar surface area (TPSA) is 112 Å². The van der Waals surface area contributed by atoms with E-state index in [2.05, 4.69) is 32.4 Å². The van der Waals surface area contributed by atoms with Crippen LogP contribution in [0, 0.1) is 5.41 Å². The van der Waals surface area contributed by atoms with Crippen molar-refractivity contribution < 1.29 is 4.79 Å². The lowest BCUT2D eigenvalue weighted by Gasteiger charge is -2.18. The molecule has 0 fully saturated rings. The highest BCUT2D eigenvalue weighted by atomic mass is 16.1. The molecule has 2 aromatic heterocycles. The van der Waals surface area contributed by atoms with Crippen LogP contribution in [-0.2, 0) is 17.6 Å². The van der Waals surface area contributed by atoms with Crippen molar-refractivity contribution in [2.75, 3.05) is 5.32 Å². The summed E-state index contributed by atoms with van der Waals surface area (Å²) in [6, 6.07) is 21.5. The lowest BCUT2D eigenvalue weighted by molar-refractivity contribution is -0.117. The van der Waals surface area contributed by atoms with Crippen molar-refractivity contribution in [3.05, 3.63) is 112 Å². The van der Waals surface area contributed by atoms with E-state index in [1.165, 1.54) is 12.5 Å². The molecule has 4 aromatic rings. The summed E-state index contributed by atoms with van der Waals surface area (Å²) in [5, 5.41) is 10.9. The molecule has 0 saturated heterocycles. The number of aryl methyl sites for hydroxylation is 1. The van der Waals surface area contributed by atoms with E-state index >= 15 is 0 Å². The Morgan fingerprint density at radius 3 is 2.47 bits per heavy atom. The molecule has 7 heteroatoms. The Bertz CT molecular complexity index is 1370. The average molecular weight is 480 g/mol. The van der Waals surface area contributed by atoms with Gasteiger partial charge in [-0.15, -0.1) is 0 Å². The highest BCUT2D eigenvalue weighted by Crippen LogP contribution is 2.20. The molecule has 36 heavy (non-hydrogen) atoms. The van der Waals surface area contributed by atoms with Crippen molar-refractivity contribution in [1.82, 2.24) is 15.0 Å². The van der Waals surface area contributed by atoms with E-state index in [0.29, 0.717) is 18.7 Å². The number of pyridine rings is 1. The lowest BCUT2D eigenvalue weighted by atomic mass is 10.0. The number of hydrogen-bond acceptors (Lipinski definition) is 6. The second-order valence-corrected chi connectivity index (χ2v) is 8.72. The number of H-pyrrole nitrogens is 1. The van der Waals surface area contributed by atoms with Crippen molar-refractivity contribution in [2.45, 2.75) is 38.6 Å². The Balaban J connectivity index is 1.49. The number of rotatable bonds is 11. The third-order valence-electron chi connectivity index (χ3n) is 6.07. The summed E-state index contributed by atoms with van der Waals surface area (Å²) in [5.41, 5.74) is 3.97. The van der Waals surface area contributed by atoms with Gasteiger partial charge in [0.15, 0.2) is 5.78 Å². The molecule has 2 aromatic carbocycles. The van der Waals surface area contributed by atoms with E-state index in [9.17, 15) is 9.59 Å². The monoisotopic (exact) mass is 479 g/mol. The second-order valence-electron chi connectivity index (χ2n) is 8.72. The van der Waals surface area contributed by atoms with E-state index in [4.69, 9.17) is 5.41 Å². The van der Waals surface area contributed by atoms with Crippen LogP contribution in [0.3, 0.4) is 0 Å². The summed E-state index contributed by atoms with van der Waals surface area (Å²) in [4.78, 5) is 36.6.